The van der Waals surface area contributed by atoms with E-state index in [1.54, 1.807) is 40.1 Å². The molecule has 2 aromatic heterocycles. The molecule has 2 amide bonds. The highest BCUT2D eigenvalue weighted by Crippen LogP contribution is 2.40. The number of benzene rings is 3. The fraction of sp³-hybridized carbons (Fsp3) is 0.356. The van der Waals surface area contributed by atoms with Crippen molar-refractivity contribution in [3.8, 4) is 22.8 Å². The van der Waals surface area contributed by atoms with Crippen LogP contribution in [0.3, 0.4) is 0 Å². The Bertz CT molecular complexity index is 2290. The number of aromatic nitrogens is 3. The van der Waals surface area contributed by atoms with E-state index in [0.717, 1.165) is 40.4 Å². The van der Waals surface area contributed by atoms with Crippen molar-refractivity contribution in [1.82, 2.24) is 19.2 Å². The number of rotatable bonds is 13. The highest BCUT2D eigenvalue weighted by atomic mass is 35.5. The molecule has 3 heterocycles. The molecule has 0 saturated carbocycles. The third-order valence-corrected chi connectivity index (χ3v) is 16.3. The van der Waals surface area contributed by atoms with Crippen LogP contribution in [0.1, 0.15) is 70.4 Å². The molecule has 0 unspecified atom stereocenters. The van der Waals surface area contributed by atoms with Gasteiger partial charge in [-0.2, -0.15) is 5.10 Å². The van der Waals surface area contributed by atoms with Crippen molar-refractivity contribution in [3.05, 3.63) is 124 Å². The molecular weight excluding hydrogens is 774 g/mol. The largest absolute Gasteiger partial charge is 0.544 e. The van der Waals surface area contributed by atoms with Gasteiger partial charge < -0.3 is 18.6 Å². The van der Waals surface area contributed by atoms with Gasteiger partial charge in [0.1, 0.15) is 18.1 Å². The van der Waals surface area contributed by atoms with Crippen molar-refractivity contribution in [2.75, 3.05) is 23.9 Å². The molecule has 9 nitrogen and oxygen atoms in total. The average molecular weight is 827 g/mol. The number of alkyl halides is 1. The Morgan fingerprint density at radius 2 is 1.77 bits per heavy atom. The molecule has 0 radical (unpaired) electrons. The third-order valence-electron chi connectivity index (χ3n) is 11.4. The predicted molar refractivity (Wildman–Crippen MR) is 234 cm³/mol. The first kappa shape index (κ1) is 41.8. The van der Waals surface area contributed by atoms with E-state index in [-0.39, 0.29) is 16.9 Å². The summed E-state index contributed by atoms with van der Waals surface area (Å²) in [6.07, 6.45) is 5.50. The molecule has 300 valence electrons. The van der Waals surface area contributed by atoms with Crippen LogP contribution in [0.2, 0.25) is 23.2 Å². The number of carbonyl (C=O) groups excluding carboxylic acids is 2. The van der Waals surface area contributed by atoms with E-state index in [0.29, 0.717) is 77.2 Å². The van der Waals surface area contributed by atoms with Gasteiger partial charge in [-0.05, 0) is 104 Å². The van der Waals surface area contributed by atoms with Crippen LogP contribution in [-0.2, 0) is 33.5 Å². The maximum Gasteiger partial charge on any atom is 0.264 e. The highest BCUT2D eigenvalue weighted by molar-refractivity contribution is 6.74. The molecule has 0 fully saturated rings. The van der Waals surface area contributed by atoms with Crippen LogP contribution in [0.15, 0.2) is 85.6 Å². The van der Waals surface area contributed by atoms with Gasteiger partial charge >= 0.3 is 0 Å². The second-order valence-electron chi connectivity index (χ2n) is 16.1. The number of anilines is 2. The molecule has 0 spiro atoms. The Morgan fingerprint density at radius 3 is 2.46 bits per heavy atom. The van der Waals surface area contributed by atoms with Crippen LogP contribution in [0.5, 0.6) is 11.5 Å². The van der Waals surface area contributed by atoms with Crippen molar-refractivity contribution in [1.29, 1.82) is 0 Å². The van der Waals surface area contributed by atoms with Crippen LogP contribution < -0.4 is 14.1 Å². The summed E-state index contributed by atoms with van der Waals surface area (Å²) in [6, 6.07) is 20.9. The fourth-order valence-electron chi connectivity index (χ4n) is 7.05. The molecule has 0 aliphatic carbocycles. The molecule has 0 saturated heterocycles. The van der Waals surface area contributed by atoms with Crippen LogP contribution >= 0.6 is 23.2 Å². The first-order valence-electron chi connectivity index (χ1n) is 19.4. The number of ether oxygens (including phenoxy) is 1. The van der Waals surface area contributed by atoms with Gasteiger partial charge in [0.2, 0.25) is 8.32 Å². The lowest BCUT2D eigenvalue weighted by Gasteiger charge is -2.36. The molecule has 3 aromatic carbocycles. The first-order chi connectivity index (χ1) is 27.1. The van der Waals surface area contributed by atoms with Crippen molar-refractivity contribution >= 4 is 54.7 Å². The molecule has 1 aliphatic heterocycles. The third kappa shape index (κ3) is 8.59. The lowest BCUT2D eigenvalue weighted by atomic mass is 9.96. The van der Waals surface area contributed by atoms with E-state index < -0.39 is 8.32 Å². The number of aryl methyl sites for hydroxylation is 1. The first-order valence-corrected chi connectivity index (χ1v) is 23.2. The van der Waals surface area contributed by atoms with Crippen LogP contribution in [0, 0.1) is 6.92 Å². The topological polar surface area (TPSA) is 81.8 Å². The summed E-state index contributed by atoms with van der Waals surface area (Å²) in [6.45, 7) is 18.1. The van der Waals surface area contributed by atoms with E-state index in [1.807, 2.05) is 79.0 Å². The van der Waals surface area contributed by atoms with Gasteiger partial charge in [-0.3, -0.25) is 19.2 Å². The summed E-state index contributed by atoms with van der Waals surface area (Å²) in [5.74, 6) is 1.72. The minimum absolute atomic E-state index is 0.0284. The minimum Gasteiger partial charge on any atom is -0.544 e. The van der Waals surface area contributed by atoms with E-state index in [4.69, 9.17) is 32.4 Å². The molecule has 0 bridgehead atoms. The monoisotopic (exact) mass is 825 g/mol. The molecule has 12 heteroatoms. The number of carbonyl (C=O) groups is 2. The van der Waals surface area contributed by atoms with Gasteiger partial charge in [0.15, 0.2) is 0 Å². The van der Waals surface area contributed by atoms with E-state index in [2.05, 4.69) is 45.5 Å². The predicted octanol–water partition coefficient (Wildman–Crippen LogP) is 10.7. The quantitative estimate of drug-likeness (QED) is 0.0671. The summed E-state index contributed by atoms with van der Waals surface area (Å²) < 4.78 is 16.3. The Morgan fingerprint density at radius 1 is 1.04 bits per heavy atom. The summed E-state index contributed by atoms with van der Waals surface area (Å²) in [4.78, 5) is 33.1. The fourth-order valence-corrected chi connectivity index (χ4v) is 8.39. The maximum atomic E-state index is 15.1. The van der Waals surface area contributed by atoms with Crippen molar-refractivity contribution in [2.24, 2.45) is 14.1 Å². The van der Waals surface area contributed by atoms with Gasteiger partial charge in [0.25, 0.3) is 11.8 Å². The zero-order valence-corrected chi connectivity index (χ0v) is 36.8. The number of hydrogen-bond donors (Lipinski definition) is 0. The van der Waals surface area contributed by atoms with Crippen LogP contribution in [0.25, 0.3) is 11.3 Å². The molecule has 57 heavy (non-hydrogen) atoms. The number of halogens is 2. The summed E-state index contributed by atoms with van der Waals surface area (Å²) >= 11 is 12.8. The number of nitrogens with zero attached hydrogens (tertiary/aromatic N) is 5. The number of fused-ring (bicyclic) bond motifs is 1. The Hall–Kier alpha value is -4.77. The summed E-state index contributed by atoms with van der Waals surface area (Å²) in [5, 5.41) is 5.10. The van der Waals surface area contributed by atoms with Crippen LogP contribution in [-0.4, -0.2) is 58.4 Å². The summed E-state index contributed by atoms with van der Waals surface area (Å²) in [5.41, 5.74) is 7.49. The van der Waals surface area contributed by atoms with Crippen molar-refractivity contribution in [3.63, 3.8) is 0 Å². The molecular formula is C45H53Cl2N5O4Si. The SMILES string of the molecule is C=CCOc1cccc2c1CCN(C(=O)c1ccc(Cl)cc1-c1cc(C(=O)N(c3ccc(O[Si](C)(C)C(C)(C)C)cc3)c3cnn(C)c3CCCCl)c(C)n1C)C2. The van der Waals surface area contributed by atoms with Gasteiger partial charge in [0.05, 0.1) is 23.1 Å². The zero-order chi connectivity index (χ0) is 41.2. The van der Waals surface area contributed by atoms with E-state index in [1.165, 1.54) is 0 Å². The Labute approximate surface area is 347 Å². The van der Waals surface area contributed by atoms with E-state index >= 15 is 4.79 Å². The molecule has 6 rings (SSSR count). The second-order valence-corrected chi connectivity index (χ2v) is 21.7. The number of hydrogen-bond acceptors (Lipinski definition) is 5. The lowest BCUT2D eigenvalue weighted by molar-refractivity contribution is 0.0734. The van der Waals surface area contributed by atoms with Crippen molar-refractivity contribution in [2.45, 2.75) is 71.6 Å². The maximum absolute atomic E-state index is 15.1. The van der Waals surface area contributed by atoms with E-state index in [9.17, 15) is 4.79 Å². The van der Waals surface area contributed by atoms with Crippen LogP contribution in [0.4, 0.5) is 11.4 Å². The minimum atomic E-state index is -2.10. The average Bonchev–Trinajstić information content (AvgIpc) is 3.69. The highest BCUT2D eigenvalue weighted by Gasteiger charge is 2.39. The van der Waals surface area contributed by atoms with Gasteiger partial charge in [-0.1, -0.05) is 57.2 Å². The molecule has 5 aromatic rings. The molecule has 0 N–H and O–H groups in total. The normalized spacial score (nSPS) is 13.0. The standard InChI is InChI=1S/C45H53Cl2N5O4Si/c1-10-25-55-42-15-11-13-31-29-51(24-22-35(31)42)43(53)36-21-16-32(47)26-38(36)40-27-37(30(2)49(40)6)44(54)52(41-28-48-50(7)39(41)14-12-23-46)33-17-19-34(20-18-33)56-57(8,9)45(3,4)5/h10-11,13,15-21,26-28H,1,12,14,22-25,29H2,2-9H3. The molecule has 1 aliphatic rings. The zero-order valence-electron chi connectivity index (χ0n) is 34.3. The smallest absolute Gasteiger partial charge is 0.264 e. The Kier molecular flexibility index (Phi) is 12.5. The lowest BCUT2D eigenvalue weighted by Crippen LogP contribution is -2.43. The Balaban J connectivity index is 1.38. The summed E-state index contributed by atoms with van der Waals surface area (Å²) in [7, 11) is 1.69. The number of amides is 2. The van der Waals surface area contributed by atoms with Crippen molar-refractivity contribution < 1.29 is 18.8 Å². The van der Waals surface area contributed by atoms with Gasteiger partial charge in [0, 0.05) is 71.9 Å². The van der Waals surface area contributed by atoms with Gasteiger partial charge in [-0.25, -0.2) is 0 Å². The van der Waals surface area contributed by atoms with Gasteiger partial charge in [-0.15, -0.1) is 11.6 Å². The molecule has 0 atom stereocenters. The second kappa shape index (κ2) is 17.0.